The summed E-state index contributed by atoms with van der Waals surface area (Å²) in [5.41, 5.74) is 14.3. The summed E-state index contributed by atoms with van der Waals surface area (Å²) in [5.74, 6) is 3.57. The molecular weight excluding hydrogens is 599 g/mol. The first-order chi connectivity index (χ1) is 23.7. The van der Waals surface area contributed by atoms with Crippen LogP contribution in [0.5, 0.6) is 23.0 Å². The zero-order chi connectivity index (χ0) is 33.2. The lowest BCUT2D eigenvalue weighted by molar-refractivity contribution is 0.402. The summed E-state index contributed by atoms with van der Waals surface area (Å²) in [7, 11) is 0. The Kier molecular flexibility index (Phi) is 5.73. The number of aryl methyl sites for hydroxylation is 1. The van der Waals surface area contributed by atoms with Crippen molar-refractivity contribution in [1.82, 2.24) is 0 Å². The molecule has 4 aliphatic rings. The largest absolute Gasteiger partial charge is 0.458 e. The van der Waals surface area contributed by atoms with Crippen LogP contribution in [0, 0.1) is 6.92 Å². The summed E-state index contributed by atoms with van der Waals surface area (Å²) in [5, 5.41) is 0. The van der Waals surface area contributed by atoms with Gasteiger partial charge in [0.05, 0.1) is 28.4 Å². The van der Waals surface area contributed by atoms with Gasteiger partial charge in [-0.1, -0.05) is 93.9 Å². The van der Waals surface area contributed by atoms with E-state index >= 15 is 0 Å². The van der Waals surface area contributed by atoms with Crippen molar-refractivity contribution in [3.63, 3.8) is 0 Å². The summed E-state index contributed by atoms with van der Waals surface area (Å²) in [6.07, 6.45) is 1.11. The van der Waals surface area contributed by atoms with Crippen molar-refractivity contribution < 1.29 is 9.47 Å². The molecule has 0 spiro atoms. The first-order valence-electron chi connectivity index (χ1n) is 17.3. The van der Waals surface area contributed by atoms with Crippen LogP contribution in [0.25, 0.3) is 0 Å². The fraction of sp³-hybridized carbons (Fsp3) is 0.182. The van der Waals surface area contributed by atoms with Crippen LogP contribution in [0.1, 0.15) is 50.8 Å². The van der Waals surface area contributed by atoms with Crippen molar-refractivity contribution in [2.45, 2.75) is 51.9 Å². The highest BCUT2D eigenvalue weighted by atomic mass is 16.5. The molecule has 0 amide bonds. The van der Waals surface area contributed by atoms with E-state index in [2.05, 4.69) is 166 Å². The lowest BCUT2D eigenvalue weighted by Crippen LogP contribution is -2.57. The van der Waals surface area contributed by atoms with Crippen molar-refractivity contribution in [3.05, 3.63) is 138 Å². The van der Waals surface area contributed by atoms with Crippen LogP contribution in [-0.2, 0) is 10.8 Å². The molecule has 0 bridgehead atoms. The van der Waals surface area contributed by atoms with E-state index in [1.54, 1.807) is 0 Å². The zero-order valence-corrected chi connectivity index (χ0v) is 28.5. The number of rotatable bonds is 2. The Hall–Kier alpha value is -5.42. The molecule has 0 saturated carbocycles. The van der Waals surface area contributed by atoms with Crippen LogP contribution in [0.15, 0.2) is 121 Å². The van der Waals surface area contributed by atoms with E-state index in [1.165, 1.54) is 27.6 Å². The molecule has 0 atom stereocenters. The van der Waals surface area contributed by atoms with Crippen molar-refractivity contribution in [1.29, 1.82) is 0 Å². The first-order valence-corrected chi connectivity index (χ1v) is 17.3. The van der Waals surface area contributed by atoms with Crippen LogP contribution < -0.4 is 35.7 Å². The fourth-order valence-electron chi connectivity index (χ4n) is 9.27. The molecule has 6 aromatic carbocycles. The molecule has 49 heavy (non-hydrogen) atoms. The molecule has 3 aliphatic heterocycles. The lowest BCUT2D eigenvalue weighted by Gasteiger charge is -2.41. The third-order valence-electron chi connectivity index (χ3n) is 11.1. The van der Waals surface area contributed by atoms with Gasteiger partial charge in [0.15, 0.2) is 0 Å². The molecule has 0 unspecified atom stereocenters. The Morgan fingerprint density at radius 1 is 0.510 bits per heavy atom. The molecule has 238 valence electrons. The summed E-state index contributed by atoms with van der Waals surface area (Å²) >= 11 is 0. The Labute approximate surface area is 288 Å². The number of para-hydroxylation sites is 5. The topological polar surface area (TPSA) is 24.9 Å². The SMILES string of the molecule is Cc1ccc2c(c1)B1c3cc4c(cc3Oc3cc(N5c6ccccc6N(c6ccccc6)c6ccccc65)cc(c31)O2)C(C)(C)CC4(C)C. The minimum atomic E-state index is 0.0192. The molecule has 5 heteroatoms. The number of ether oxygens (including phenoxy) is 2. The summed E-state index contributed by atoms with van der Waals surface area (Å²) in [6, 6.07) is 43.7. The molecule has 10 rings (SSSR count). The first kappa shape index (κ1) is 28.6. The maximum absolute atomic E-state index is 7.04. The maximum atomic E-state index is 7.04. The molecule has 0 radical (unpaired) electrons. The molecule has 0 fully saturated rings. The molecule has 3 heterocycles. The second-order valence-electron chi connectivity index (χ2n) is 15.4. The number of fused-ring (bicyclic) bond motifs is 7. The van der Waals surface area contributed by atoms with E-state index in [1.807, 2.05) is 0 Å². The monoisotopic (exact) mass is 636 g/mol. The third-order valence-corrected chi connectivity index (χ3v) is 11.1. The van der Waals surface area contributed by atoms with E-state index < -0.39 is 0 Å². The van der Waals surface area contributed by atoms with Crippen LogP contribution >= 0.6 is 0 Å². The number of benzene rings is 6. The highest BCUT2D eigenvalue weighted by Crippen LogP contribution is 2.55. The van der Waals surface area contributed by atoms with Crippen LogP contribution in [0.4, 0.5) is 34.1 Å². The van der Waals surface area contributed by atoms with Crippen molar-refractivity contribution in [3.8, 4) is 23.0 Å². The second-order valence-corrected chi connectivity index (χ2v) is 15.4. The standard InChI is InChI=1S/C44H37BN2O2/c1-27-19-20-38-32(21-27)45-33-24-30-31(44(4,5)26-43(30,2)3)25-39(33)49-41-23-29(22-40(48-38)42(41)45)47-36-17-11-9-15-34(36)46(28-13-7-6-8-14-28)35-16-10-12-18-37(35)47/h6-25H,26H2,1-5H3. The van der Waals surface area contributed by atoms with Gasteiger partial charge in [-0.3, -0.25) is 0 Å². The van der Waals surface area contributed by atoms with E-state index in [0.29, 0.717) is 0 Å². The normalized spacial score (nSPS) is 16.7. The zero-order valence-electron chi connectivity index (χ0n) is 28.5. The smallest absolute Gasteiger partial charge is 0.260 e. The van der Waals surface area contributed by atoms with E-state index in [-0.39, 0.29) is 17.5 Å². The van der Waals surface area contributed by atoms with Crippen LogP contribution in [-0.4, -0.2) is 6.71 Å². The van der Waals surface area contributed by atoms with Crippen molar-refractivity contribution >= 4 is 57.2 Å². The minimum Gasteiger partial charge on any atom is -0.458 e. The van der Waals surface area contributed by atoms with Gasteiger partial charge in [-0.25, -0.2) is 0 Å². The van der Waals surface area contributed by atoms with Gasteiger partial charge in [0, 0.05) is 23.3 Å². The van der Waals surface area contributed by atoms with Crippen LogP contribution in [0.2, 0.25) is 0 Å². The second kappa shape index (κ2) is 9.82. The average molecular weight is 637 g/mol. The van der Waals surface area contributed by atoms with E-state index in [9.17, 15) is 0 Å². The van der Waals surface area contributed by atoms with Gasteiger partial charge in [-0.2, -0.15) is 0 Å². The number of anilines is 6. The molecule has 6 aromatic rings. The van der Waals surface area contributed by atoms with Gasteiger partial charge in [-0.15, -0.1) is 0 Å². The van der Waals surface area contributed by atoms with Gasteiger partial charge in [-0.05, 0) is 94.8 Å². The number of nitrogens with zero attached hydrogens (tertiary/aromatic N) is 2. The van der Waals surface area contributed by atoms with E-state index in [0.717, 1.165) is 69.0 Å². The molecular formula is C44H37BN2O2. The Bertz CT molecular complexity index is 2310. The fourth-order valence-corrected chi connectivity index (χ4v) is 9.27. The highest BCUT2D eigenvalue weighted by molar-refractivity contribution is 6.98. The molecule has 0 saturated heterocycles. The third kappa shape index (κ3) is 4.05. The molecule has 0 N–H and O–H groups in total. The van der Waals surface area contributed by atoms with Gasteiger partial charge >= 0.3 is 0 Å². The maximum Gasteiger partial charge on any atom is 0.260 e. The summed E-state index contributed by atoms with van der Waals surface area (Å²) < 4.78 is 13.9. The number of hydrogen-bond acceptors (Lipinski definition) is 4. The molecule has 1 aliphatic carbocycles. The molecule has 0 aromatic heterocycles. The van der Waals surface area contributed by atoms with Gasteiger partial charge < -0.3 is 19.3 Å². The lowest BCUT2D eigenvalue weighted by atomic mass is 9.34. The number of hydrogen-bond donors (Lipinski definition) is 0. The summed E-state index contributed by atoms with van der Waals surface area (Å²) in [4.78, 5) is 4.71. The predicted molar refractivity (Wildman–Crippen MR) is 202 cm³/mol. The Morgan fingerprint density at radius 3 is 1.63 bits per heavy atom. The van der Waals surface area contributed by atoms with Crippen molar-refractivity contribution in [2.75, 3.05) is 9.80 Å². The Balaban J connectivity index is 1.20. The quantitative estimate of drug-likeness (QED) is 0.176. The average Bonchev–Trinajstić information content (AvgIpc) is 3.28. The predicted octanol–water partition coefficient (Wildman–Crippen LogP) is 9.93. The minimum absolute atomic E-state index is 0.0192. The van der Waals surface area contributed by atoms with Gasteiger partial charge in [0.25, 0.3) is 6.71 Å². The van der Waals surface area contributed by atoms with Crippen molar-refractivity contribution in [2.24, 2.45) is 0 Å². The van der Waals surface area contributed by atoms with Gasteiger partial charge in [0.2, 0.25) is 0 Å². The Morgan fingerprint density at radius 2 is 1.02 bits per heavy atom. The van der Waals surface area contributed by atoms with Crippen LogP contribution in [0.3, 0.4) is 0 Å². The van der Waals surface area contributed by atoms with Gasteiger partial charge in [0.1, 0.15) is 23.0 Å². The van der Waals surface area contributed by atoms with E-state index in [4.69, 9.17) is 9.47 Å². The highest BCUT2D eigenvalue weighted by Gasteiger charge is 2.47. The summed E-state index contributed by atoms with van der Waals surface area (Å²) in [6.45, 7) is 11.7. The molecule has 4 nitrogen and oxygen atoms in total.